The van der Waals surface area contributed by atoms with E-state index in [4.69, 9.17) is 10.8 Å². The van der Waals surface area contributed by atoms with E-state index in [0.29, 0.717) is 5.69 Å². The molecule has 0 aliphatic rings. The standard InChI is InChI=1S/C9H10FNO2/c1-4-3-6(11)5(2)7(8(4)10)9(12)13/h3H,11H2,1-2H3,(H,12,13). The van der Waals surface area contributed by atoms with Crippen molar-refractivity contribution < 1.29 is 14.3 Å². The van der Waals surface area contributed by atoms with Crippen molar-refractivity contribution in [2.24, 2.45) is 0 Å². The van der Waals surface area contributed by atoms with Gasteiger partial charge in [-0.2, -0.15) is 0 Å². The van der Waals surface area contributed by atoms with Gasteiger partial charge >= 0.3 is 5.97 Å². The van der Waals surface area contributed by atoms with Crippen LogP contribution in [0.4, 0.5) is 10.1 Å². The zero-order chi connectivity index (χ0) is 10.2. The van der Waals surface area contributed by atoms with Crippen LogP contribution < -0.4 is 5.73 Å². The zero-order valence-electron chi connectivity index (χ0n) is 7.39. The second-order valence-electron chi connectivity index (χ2n) is 2.90. The quantitative estimate of drug-likeness (QED) is 0.651. The highest BCUT2D eigenvalue weighted by atomic mass is 19.1. The number of aromatic carboxylic acids is 1. The number of carboxylic acids is 1. The Labute approximate surface area is 75.0 Å². The van der Waals surface area contributed by atoms with Gasteiger partial charge in [0.15, 0.2) is 0 Å². The van der Waals surface area contributed by atoms with Crippen LogP contribution in [0.25, 0.3) is 0 Å². The van der Waals surface area contributed by atoms with Crippen LogP contribution in [0.3, 0.4) is 0 Å². The van der Waals surface area contributed by atoms with Gasteiger partial charge in [-0.3, -0.25) is 0 Å². The van der Waals surface area contributed by atoms with E-state index in [0.717, 1.165) is 0 Å². The van der Waals surface area contributed by atoms with E-state index in [2.05, 4.69) is 0 Å². The number of nitrogen functional groups attached to an aromatic ring is 1. The first-order valence-electron chi connectivity index (χ1n) is 3.73. The third-order valence-electron chi connectivity index (χ3n) is 1.96. The second kappa shape index (κ2) is 3.05. The van der Waals surface area contributed by atoms with Crippen LogP contribution >= 0.6 is 0 Å². The molecule has 0 spiro atoms. The minimum absolute atomic E-state index is 0.250. The van der Waals surface area contributed by atoms with Crippen molar-refractivity contribution in [3.05, 3.63) is 28.6 Å². The van der Waals surface area contributed by atoms with Gasteiger partial charge in [0.25, 0.3) is 0 Å². The van der Waals surface area contributed by atoms with Crippen LogP contribution in [-0.4, -0.2) is 11.1 Å². The molecule has 3 nitrogen and oxygen atoms in total. The Morgan fingerprint density at radius 2 is 2.08 bits per heavy atom. The lowest BCUT2D eigenvalue weighted by Crippen LogP contribution is -2.08. The number of anilines is 1. The highest BCUT2D eigenvalue weighted by Crippen LogP contribution is 2.22. The molecular formula is C9H10FNO2. The lowest BCUT2D eigenvalue weighted by Gasteiger charge is -2.08. The summed E-state index contributed by atoms with van der Waals surface area (Å²) in [4.78, 5) is 10.7. The number of benzene rings is 1. The molecular weight excluding hydrogens is 173 g/mol. The smallest absolute Gasteiger partial charge is 0.339 e. The maximum absolute atomic E-state index is 13.3. The van der Waals surface area contributed by atoms with Crippen molar-refractivity contribution in [2.75, 3.05) is 5.73 Å². The van der Waals surface area contributed by atoms with Crippen LogP contribution in [0.15, 0.2) is 6.07 Å². The fourth-order valence-corrected chi connectivity index (χ4v) is 1.17. The fraction of sp³-hybridized carbons (Fsp3) is 0.222. The van der Waals surface area contributed by atoms with E-state index in [9.17, 15) is 9.18 Å². The molecule has 0 amide bonds. The fourth-order valence-electron chi connectivity index (χ4n) is 1.17. The van der Waals surface area contributed by atoms with Crippen LogP contribution in [0.5, 0.6) is 0 Å². The van der Waals surface area contributed by atoms with Crippen LogP contribution in [0.1, 0.15) is 21.5 Å². The number of nitrogens with two attached hydrogens (primary N) is 1. The topological polar surface area (TPSA) is 63.3 Å². The number of hydrogen-bond acceptors (Lipinski definition) is 2. The molecule has 3 N–H and O–H groups in total. The number of rotatable bonds is 1. The maximum Gasteiger partial charge on any atom is 0.339 e. The van der Waals surface area contributed by atoms with Gasteiger partial charge in [0, 0.05) is 5.69 Å². The first kappa shape index (κ1) is 9.51. The monoisotopic (exact) mass is 183 g/mol. The molecule has 0 atom stereocenters. The summed E-state index contributed by atoms with van der Waals surface area (Å²) >= 11 is 0. The molecule has 1 aromatic carbocycles. The maximum atomic E-state index is 13.3. The molecule has 1 aromatic rings. The van der Waals surface area contributed by atoms with Crippen molar-refractivity contribution in [1.82, 2.24) is 0 Å². The second-order valence-corrected chi connectivity index (χ2v) is 2.90. The molecule has 0 radical (unpaired) electrons. The molecule has 1 rings (SSSR count). The highest BCUT2D eigenvalue weighted by Gasteiger charge is 2.17. The Hall–Kier alpha value is -1.58. The van der Waals surface area contributed by atoms with E-state index >= 15 is 0 Å². The van der Waals surface area contributed by atoms with Crippen molar-refractivity contribution in [3.8, 4) is 0 Å². The summed E-state index contributed by atoms with van der Waals surface area (Å²) in [6.07, 6.45) is 0. The molecule has 0 unspecified atom stereocenters. The molecule has 0 fully saturated rings. The summed E-state index contributed by atoms with van der Waals surface area (Å²) in [7, 11) is 0. The molecule has 13 heavy (non-hydrogen) atoms. The molecule has 0 bridgehead atoms. The van der Waals surface area contributed by atoms with Gasteiger partial charge < -0.3 is 10.8 Å². The van der Waals surface area contributed by atoms with Gasteiger partial charge in [-0.15, -0.1) is 0 Å². The number of hydrogen-bond donors (Lipinski definition) is 2. The normalized spacial score (nSPS) is 10.1. The van der Waals surface area contributed by atoms with Crippen LogP contribution in [0.2, 0.25) is 0 Å². The average molecular weight is 183 g/mol. The Morgan fingerprint density at radius 1 is 1.54 bits per heavy atom. The molecule has 4 heteroatoms. The lowest BCUT2D eigenvalue weighted by molar-refractivity contribution is 0.0691. The summed E-state index contributed by atoms with van der Waals surface area (Å²) in [5, 5.41) is 8.70. The summed E-state index contributed by atoms with van der Waals surface area (Å²) < 4.78 is 13.3. The van der Waals surface area contributed by atoms with Gasteiger partial charge in [0.1, 0.15) is 11.4 Å². The van der Waals surface area contributed by atoms with Crippen molar-refractivity contribution >= 4 is 11.7 Å². The van der Waals surface area contributed by atoms with Crippen molar-refractivity contribution in [2.45, 2.75) is 13.8 Å². The van der Waals surface area contributed by atoms with Gasteiger partial charge in [0.2, 0.25) is 0 Å². The molecule has 0 aromatic heterocycles. The Bertz CT molecular complexity index is 348. The zero-order valence-corrected chi connectivity index (χ0v) is 7.39. The third-order valence-corrected chi connectivity index (χ3v) is 1.96. The van der Waals surface area contributed by atoms with E-state index in [1.165, 1.54) is 19.9 Å². The van der Waals surface area contributed by atoms with E-state index in [1.807, 2.05) is 0 Å². The minimum atomic E-state index is -1.29. The first-order chi connectivity index (χ1) is 5.95. The van der Waals surface area contributed by atoms with Gasteiger partial charge in [0.05, 0.1) is 0 Å². The number of carbonyl (C=O) groups is 1. The van der Waals surface area contributed by atoms with Crippen LogP contribution in [-0.2, 0) is 0 Å². The summed E-state index contributed by atoms with van der Waals surface area (Å²) in [6.45, 7) is 2.97. The van der Waals surface area contributed by atoms with Gasteiger partial charge in [-0.05, 0) is 31.0 Å². The van der Waals surface area contributed by atoms with Gasteiger partial charge in [-0.25, -0.2) is 9.18 Å². The lowest BCUT2D eigenvalue weighted by atomic mass is 10.0. The number of halogens is 1. The van der Waals surface area contributed by atoms with Crippen molar-refractivity contribution in [3.63, 3.8) is 0 Å². The largest absolute Gasteiger partial charge is 0.478 e. The number of carboxylic acid groups (broad SMARTS) is 1. The number of aryl methyl sites for hydroxylation is 1. The molecule has 70 valence electrons. The highest BCUT2D eigenvalue weighted by molar-refractivity contribution is 5.91. The Balaban J connectivity index is 3.56. The SMILES string of the molecule is Cc1cc(N)c(C)c(C(=O)O)c1F. The molecule has 0 heterocycles. The summed E-state index contributed by atoms with van der Waals surface area (Å²) in [5.74, 6) is -2.00. The molecule has 0 aliphatic carbocycles. The molecule has 0 saturated heterocycles. The van der Waals surface area contributed by atoms with E-state index in [-0.39, 0.29) is 16.7 Å². The third kappa shape index (κ3) is 1.47. The van der Waals surface area contributed by atoms with Gasteiger partial charge in [-0.1, -0.05) is 0 Å². The van der Waals surface area contributed by atoms with E-state index in [1.54, 1.807) is 0 Å². The molecule has 0 aliphatic heterocycles. The summed E-state index contributed by atoms with van der Waals surface area (Å²) in [5.41, 5.74) is 5.99. The first-order valence-corrected chi connectivity index (χ1v) is 3.73. The molecule has 0 saturated carbocycles. The predicted octanol–water partition coefficient (Wildman–Crippen LogP) is 1.72. The van der Waals surface area contributed by atoms with E-state index < -0.39 is 11.8 Å². The average Bonchev–Trinajstić information content (AvgIpc) is 2.01. The minimum Gasteiger partial charge on any atom is -0.478 e. The Morgan fingerprint density at radius 3 is 2.54 bits per heavy atom. The van der Waals surface area contributed by atoms with Crippen molar-refractivity contribution in [1.29, 1.82) is 0 Å². The Kier molecular flexibility index (Phi) is 2.23. The summed E-state index contributed by atoms with van der Waals surface area (Å²) in [6, 6.07) is 1.43. The predicted molar refractivity (Wildman–Crippen MR) is 47.2 cm³/mol. The van der Waals surface area contributed by atoms with Crippen LogP contribution in [0, 0.1) is 19.7 Å².